The van der Waals surface area contributed by atoms with E-state index >= 15 is 0 Å². The number of piperidine rings is 1. The quantitative estimate of drug-likeness (QED) is 0.863. The molecule has 1 aromatic heterocycles. The SMILES string of the molecule is Cc1ccc2sc(C(=O)N3CCCC(C)(C)C3)c(N)c2c1. The lowest BCUT2D eigenvalue weighted by Gasteiger charge is -2.37. The molecule has 1 aliphatic heterocycles. The zero-order valence-electron chi connectivity index (χ0n) is 12.9. The smallest absolute Gasteiger partial charge is 0.266 e. The minimum atomic E-state index is 0.0964. The van der Waals surface area contributed by atoms with Crippen molar-refractivity contribution >= 4 is 33.0 Å². The van der Waals surface area contributed by atoms with Crippen molar-refractivity contribution in [3.63, 3.8) is 0 Å². The molecule has 3 rings (SSSR count). The van der Waals surface area contributed by atoms with Gasteiger partial charge in [-0.15, -0.1) is 11.3 Å². The summed E-state index contributed by atoms with van der Waals surface area (Å²) in [5, 5.41) is 1.01. The standard InChI is InChI=1S/C17H22N2OS/c1-11-5-6-13-12(9-11)14(18)15(21-13)16(20)19-8-4-7-17(2,3)10-19/h5-6,9H,4,7-8,10,18H2,1-3H3. The molecule has 3 nitrogen and oxygen atoms in total. The summed E-state index contributed by atoms with van der Waals surface area (Å²) in [5.74, 6) is 0.0964. The number of carbonyl (C=O) groups excluding carboxylic acids is 1. The van der Waals surface area contributed by atoms with Crippen molar-refractivity contribution in [1.29, 1.82) is 0 Å². The van der Waals surface area contributed by atoms with Gasteiger partial charge in [-0.2, -0.15) is 0 Å². The monoisotopic (exact) mass is 302 g/mol. The maximum atomic E-state index is 12.8. The molecular weight excluding hydrogens is 280 g/mol. The van der Waals surface area contributed by atoms with Crippen molar-refractivity contribution in [2.45, 2.75) is 33.6 Å². The molecule has 1 fully saturated rings. The maximum absolute atomic E-state index is 12.8. The highest BCUT2D eigenvalue weighted by Gasteiger charge is 2.31. The zero-order chi connectivity index (χ0) is 15.2. The Balaban J connectivity index is 1.96. The fourth-order valence-corrected chi connectivity index (χ4v) is 4.20. The van der Waals surface area contributed by atoms with Crippen LogP contribution in [0, 0.1) is 12.3 Å². The van der Waals surface area contributed by atoms with E-state index in [0.717, 1.165) is 29.6 Å². The number of aryl methyl sites for hydroxylation is 1. The van der Waals surface area contributed by atoms with Gasteiger partial charge >= 0.3 is 0 Å². The van der Waals surface area contributed by atoms with E-state index in [1.807, 2.05) is 11.8 Å². The van der Waals surface area contributed by atoms with Crippen LogP contribution >= 0.6 is 11.3 Å². The van der Waals surface area contributed by atoms with E-state index in [1.165, 1.54) is 23.3 Å². The van der Waals surface area contributed by atoms with Crippen LogP contribution in [0.3, 0.4) is 0 Å². The number of nitrogens with zero attached hydrogens (tertiary/aromatic N) is 1. The first-order valence-electron chi connectivity index (χ1n) is 7.45. The van der Waals surface area contributed by atoms with Crippen LogP contribution in [0.1, 0.15) is 41.9 Å². The third kappa shape index (κ3) is 2.64. The lowest BCUT2D eigenvalue weighted by Crippen LogP contribution is -2.43. The first kappa shape index (κ1) is 14.4. The van der Waals surface area contributed by atoms with Gasteiger partial charge < -0.3 is 10.6 Å². The average Bonchev–Trinajstić information content (AvgIpc) is 2.74. The Bertz CT molecular complexity index is 702. The Labute approximate surface area is 129 Å². The summed E-state index contributed by atoms with van der Waals surface area (Å²) in [6.07, 6.45) is 2.25. The molecule has 112 valence electrons. The molecule has 0 saturated carbocycles. The summed E-state index contributed by atoms with van der Waals surface area (Å²) in [6.45, 7) is 8.16. The Kier molecular flexibility index (Phi) is 3.44. The van der Waals surface area contributed by atoms with E-state index in [-0.39, 0.29) is 11.3 Å². The van der Waals surface area contributed by atoms with Crippen molar-refractivity contribution in [2.75, 3.05) is 18.8 Å². The van der Waals surface area contributed by atoms with Crippen molar-refractivity contribution in [1.82, 2.24) is 4.90 Å². The molecule has 1 amide bonds. The molecule has 1 aromatic carbocycles. The van der Waals surface area contributed by atoms with Gasteiger partial charge in [-0.1, -0.05) is 25.5 Å². The zero-order valence-corrected chi connectivity index (χ0v) is 13.7. The number of anilines is 1. The topological polar surface area (TPSA) is 46.3 Å². The van der Waals surface area contributed by atoms with Gasteiger partial charge in [0.15, 0.2) is 0 Å². The number of carbonyl (C=O) groups is 1. The Hall–Kier alpha value is -1.55. The number of hydrogen-bond acceptors (Lipinski definition) is 3. The second-order valence-electron chi connectivity index (χ2n) is 6.84. The number of thiophene rings is 1. The number of nitrogen functional groups attached to an aromatic ring is 1. The second kappa shape index (κ2) is 5.02. The lowest BCUT2D eigenvalue weighted by molar-refractivity contribution is 0.0589. The van der Waals surface area contributed by atoms with Crippen LogP contribution in [0.25, 0.3) is 10.1 Å². The van der Waals surface area contributed by atoms with Crippen LogP contribution in [-0.4, -0.2) is 23.9 Å². The fraction of sp³-hybridized carbons (Fsp3) is 0.471. The fourth-order valence-electron chi connectivity index (χ4n) is 3.13. The highest BCUT2D eigenvalue weighted by Crippen LogP contribution is 2.36. The summed E-state index contributed by atoms with van der Waals surface area (Å²) in [5.41, 5.74) is 8.27. The number of fused-ring (bicyclic) bond motifs is 1. The van der Waals surface area contributed by atoms with E-state index in [2.05, 4.69) is 32.0 Å². The molecule has 0 aliphatic carbocycles. The summed E-state index contributed by atoms with van der Waals surface area (Å²) in [6, 6.07) is 6.19. The Morgan fingerprint density at radius 3 is 2.86 bits per heavy atom. The summed E-state index contributed by atoms with van der Waals surface area (Å²) < 4.78 is 1.10. The van der Waals surface area contributed by atoms with Crippen LogP contribution < -0.4 is 5.73 Å². The largest absolute Gasteiger partial charge is 0.397 e. The normalized spacial score (nSPS) is 18.1. The van der Waals surface area contributed by atoms with Gasteiger partial charge in [0.1, 0.15) is 4.88 Å². The van der Waals surface area contributed by atoms with Crippen molar-refractivity contribution in [3.8, 4) is 0 Å². The first-order chi connectivity index (χ1) is 9.87. The Morgan fingerprint density at radius 2 is 2.14 bits per heavy atom. The van der Waals surface area contributed by atoms with Crippen molar-refractivity contribution in [2.24, 2.45) is 5.41 Å². The molecule has 1 aliphatic rings. The number of likely N-dealkylation sites (tertiary alicyclic amines) is 1. The maximum Gasteiger partial charge on any atom is 0.266 e. The molecule has 0 atom stereocenters. The van der Waals surface area contributed by atoms with Gasteiger partial charge in [0.05, 0.1) is 5.69 Å². The van der Waals surface area contributed by atoms with Crippen LogP contribution in [-0.2, 0) is 0 Å². The van der Waals surface area contributed by atoms with Gasteiger partial charge in [-0.05, 0) is 37.3 Å². The van der Waals surface area contributed by atoms with Gasteiger partial charge in [-0.3, -0.25) is 4.79 Å². The van der Waals surface area contributed by atoms with Gasteiger partial charge in [0.2, 0.25) is 0 Å². The number of benzene rings is 1. The molecule has 21 heavy (non-hydrogen) atoms. The lowest BCUT2D eigenvalue weighted by atomic mass is 9.84. The van der Waals surface area contributed by atoms with E-state index in [0.29, 0.717) is 10.6 Å². The van der Waals surface area contributed by atoms with Crippen LogP contribution in [0.2, 0.25) is 0 Å². The molecule has 0 unspecified atom stereocenters. The Morgan fingerprint density at radius 1 is 1.38 bits per heavy atom. The highest BCUT2D eigenvalue weighted by atomic mass is 32.1. The van der Waals surface area contributed by atoms with E-state index in [9.17, 15) is 4.79 Å². The second-order valence-corrected chi connectivity index (χ2v) is 7.89. The average molecular weight is 302 g/mol. The molecule has 1 saturated heterocycles. The summed E-state index contributed by atoms with van der Waals surface area (Å²) in [7, 11) is 0. The molecule has 2 aromatic rings. The third-order valence-corrected chi connectivity index (χ3v) is 5.44. The minimum Gasteiger partial charge on any atom is -0.397 e. The molecule has 0 spiro atoms. The number of rotatable bonds is 1. The summed E-state index contributed by atoms with van der Waals surface area (Å²) >= 11 is 1.52. The third-order valence-electron chi connectivity index (χ3n) is 4.26. The number of nitrogens with two attached hydrogens (primary N) is 1. The van der Waals surface area contributed by atoms with Gasteiger partial charge in [-0.25, -0.2) is 0 Å². The molecule has 0 radical (unpaired) electrons. The molecule has 2 N–H and O–H groups in total. The molecule has 4 heteroatoms. The molecule has 2 heterocycles. The molecule has 0 bridgehead atoms. The highest BCUT2D eigenvalue weighted by molar-refractivity contribution is 7.21. The number of amides is 1. The predicted molar refractivity (Wildman–Crippen MR) is 89.9 cm³/mol. The van der Waals surface area contributed by atoms with Crippen molar-refractivity contribution < 1.29 is 4.79 Å². The van der Waals surface area contributed by atoms with Crippen LogP contribution in [0.4, 0.5) is 5.69 Å². The summed E-state index contributed by atoms with van der Waals surface area (Å²) in [4.78, 5) is 15.5. The van der Waals surface area contributed by atoms with Gasteiger partial charge in [0, 0.05) is 23.2 Å². The van der Waals surface area contributed by atoms with E-state index in [4.69, 9.17) is 5.73 Å². The van der Waals surface area contributed by atoms with Gasteiger partial charge in [0.25, 0.3) is 5.91 Å². The van der Waals surface area contributed by atoms with Crippen molar-refractivity contribution in [3.05, 3.63) is 28.6 Å². The van der Waals surface area contributed by atoms with E-state index in [1.54, 1.807) is 0 Å². The minimum absolute atomic E-state index is 0.0964. The first-order valence-corrected chi connectivity index (χ1v) is 8.27. The predicted octanol–water partition coefficient (Wildman–Crippen LogP) is 4.05. The molecular formula is C17H22N2OS. The van der Waals surface area contributed by atoms with Crippen LogP contribution in [0.15, 0.2) is 18.2 Å². The van der Waals surface area contributed by atoms with E-state index < -0.39 is 0 Å². The number of hydrogen-bond donors (Lipinski definition) is 1. The van der Waals surface area contributed by atoms with Crippen LogP contribution in [0.5, 0.6) is 0 Å².